The Bertz CT molecular complexity index is 532. The fourth-order valence-corrected chi connectivity index (χ4v) is 1.87. The first-order valence-corrected chi connectivity index (χ1v) is 6.95. The number of sulfonamides is 1. The molecule has 18 heavy (non-hydrogen) atoms. The Morgan fingerprint density at radius 1 is 1.28 bits per heavy atom. The summed E-state index contributed by atoms with van der Waals surface area (Å²) in [5.74, 6) is -0.805. The number of nitrogens with two attached hydrogens (primary N) is 1. The lowest BCUT2D eigenvalue weighted by atomic mass is 10.1. The predicted molar refractivity (Wildman–Crippen MR) is 68.3 cm³/mol. The smallest absolute Gasteiger partial charge is 0.303 e. The molecule has 0 aliphatic rings. The first-order valence-electron chi connectivity index (χ1n) is 5.41. The second-order valence-corrected chi connectivity index (χ2v) is 5.36. The number of benzene rings is 1. The van der Waals surface area contributed by atoms with Crippen LogP contribution in [-0.4, -0.2) is 19.5 Å². The van der Waals surface area contributed by atoms with Crippen molar-refractivity contribution < 1.29 is 18.3 Å². The average molecular weight is 269 g/mol. The van der Waals surface area contributed by atoms with E-state index in [2.05, 4.69) is 0 Å². The zero-order valence-electron chi connectivity index (χ0n) is 9.74. The third-order valence-electron chi connectivity index (χ3n) is 2.28. The molecular weight excluding hydrogens is 254 g/mol. The number of unbranched alkanes of at least 4 members (excludes halogenated alkanes) is 1. The molecule has 0 bridgehead atoms. The van der Waals surface area contributed by atoms with Crippen LogP contribution in [0.4, 0.5) is 0 Å². The van der Waals surface area contributed by atoms with Gasteiger partial charge in [0.2, 0.25) is 10.0 Å². The Morgan fingerprint density at radius 2 is 1.89 bits per heavy atom. The van der Waals surface area contributed by atoms with Gasteiger partial charge in [-0.05, 0) is 30.5 Å². The summed E-state index contributed by atoms with van der Waals surface area (Å²) < 4.78 is 22.0. The highest BCUT2D eigenvalue weighted by atomic mass is 32.2. The van der Waals surface area contributed by atoms with E-state index in [0.29, 0.717) is 12.8 Å². The van der Waals surface area contributed by atoms with Crippen molar-refractivity contribution in [2.45, 2.75) is 24.2 Å². The quantitative estimate of drug-likeness (QED) is 0.766. The van der Waals surface area contributed by atoms with Gasteiger partial charge >= 0.3 is 5.97 Å². The first-order chi connectivity index (χ1) is 8.39. The Balaban J connectivity index is 2.54. The van der Waals surface area contributed by atoms with Crippen molar-refractivity contribution in [1.82, 2.24) is 0 Å². The zero-order valence-corrected chi connectivity index (χ0v) is 10.6. The minimum Gasteiger partial charge on any atom is -0.481 e. The van der Waals surface area contributed by atoms with Crippen LogP contribution < -0.4 is 5.14 Å². The largest absolute Gasteiger partial charge is 0.481 e. The van der Waals surface area contributed by atoms with E-state index in [9.17, 15) is 13.2 Å². The fourth-order valence-electron chi connectivity index (χ4n) is 1.36. The molecule has 0 atom stereocenters. The molecule has 1 aromatic carbocycles. The van der Waals surface area contributed by atoms with Crippen molar-refractivity contribution in [2.75, 3.05) is 0 Å². The van der Waals surface area contributed by atoms with Crippen LogP contribution in [0.2, 0.25) is 0 Å². The average Bonchev–Trinajstić information content (AvgIpc) is 2.27. The van der Waals surface area contributed by atoms with Gasteiger partial charge in [-0.25, -0.2) is 13.6 Å². The highest BCUT2D eigenvalue weighted by molar-refractivity contribution is 7.89. The first kappa shape index (κ1) is 14.4. The number of hydrogen-bond acceptors (Lipinski definition) is 3. The summed E-state index contributed by atoms with van der Waals surface area (Å²) in [4.78, 5) is 10.3. The summed E-state index contributed by atoms with van der Waals surface area (Å²) in [7, 11) is -3.65. The monoisotopic (exact) mass is 269 g/mol. The van der Waals surface area contributed by atoms with Crippen molar-refractivity contribution >= 4 is 22.1 Å². The number of carboxylic acid groups (broad SMARTS) is 1. The number of rotatable bonds is 6. The second kappa shape index (κ2) is 6.32. The highest BCUT2D eigenvalue weighted by Gasteiger charge is 2.05. The molecule has 0 saturated carbocycles. The molecule has 0 unspecified atom stereocenters. The van der Waals surface area contributed by atoms with Crippen molar-refractivity contribution in [3.8, 4) is 0 Å². The van der Waals surface area contributed by atoms with Gasteiger partial charge in [0, 0.05) is 6.42 Å². The van der Waals surface area contributed by atoms with Gasteiger partial charge in [0.25, 0.3) is 0 Å². The topological polar surface area (TPSA) is 97.5 Å². The van der Waals surface area contributed by atoms with Crippen molar-refractivity contribution in [3.63, 3.8) is 0 Å². The molecule has 0 aromatic heterocycles. The van der Waals surface area contributed by atoms with Crippen LogP contribution in [0.3, 0.4) is 0 Å². The van der Waals surface area contributed by atoms with Crippen LogP contribution in [-0.2, 0) is 14.8 Å². The van der Waals surface area contributed by atoms with Crippen molar-refractivity contribution in [2.24, 2.45) is 5.14 Å². The lowest BCUT2D eigenvalue weighted by Gasteiger charge is -1.98. The third kappa shape index (κ3) is 5.11. The van der Waals surface area contributed by atoms with Gasteiger partial charge < -0.3 is 5.11 Å². The maximum absolute atomic E-state index is 11.0. The standard InChI is InChI=1S/C12H15NO4S/c13-18(16,17)11-8-6-10(7-9-11)4-2-1-3-5-12(14)15/h2,4,6-9H,1,3,5H2,(H,14,15)(H2,13,16,17)/b4-2+. The van der Waals surface area contributed by atoms with E-state index in [-0.39, 0.29) is 11.3 Å². The Morgan fingerprint density at radius 3 is 2.39 bits per heavy atom. The molecule has 0 fully saturated rings. The van der Waals surface area contributed by atoms with Gasteiger partial charge in [-0.2, -0.15) is 0 Å². The molecule has 0 spiro atoms. The van der Waals surface area contributed by atoms with E-state index in [1.807, 2.05) is 12.2 Å². The summed E-state index contributed by atoms with van der Waals surface area (Å²) in [5, 5.41) is 13.4. The van der Waals surface area contributed by atoms with Gasteiger partial charge in [0.05, 0.1) is 4.90 Å². The summed E-state index contributed by atoms with van der Waals surface area (Å²) >= 11 is 0. The fraction of sp³-hybridized carbons (Fsp3) is 0.250. The number of allylic oxidation sites excluding steroid dienone is 1. The van der Waals surface area contributed by atoms with E-state index >= 15 is 0 Å². The van der Waals surface area contributed by atoms with Crippen LogP contribution >= 0.6 is 0 Å². The highest BCUT2D eigenvalue weighted by Crippen LogP contribution is 2.10. The van der Waals surface area contributed by atoms with Crippen LogP contribution in [0.5, 0.6) is 0 Å². The van der Waals surface area contributed by atoms with E-state index in [1.54, 1.807) is 12.1 Å². The summed E-state index contributed by atoms with van der Waals surface area (Å²) in [6, 6.07) is 6.17. The van der Waals surface area contributed by atoms with E-state index in [1.165, 1.54) is 12.1 Å². The number of carboxylic acids is 1. The zero-order chi connectivity index (χ0) is 13.6. The van der Waals surface area contributed by atoms with Gasteiger partial charge in [0.15, 0.2) is 0 Å². The molecule has 0 amide bonds. The lowest BCUT2D eigenvalue weighted by Crippen LogP contribution is -2.11. The predicted octanol–water partition coefficient (Wildman–Crippen LogP) is 1.60. The molecule has 98 valence electrons. The second-order valence-electron chi connectivity index (χ2n) is 3.80. The van der Waals surface area contributed by atoms with Gasteiger partial charge in [-0.15, -0.1) is 0 Å². The molecule has 0 heterocycles. The maximum atomic E-state index is 11.0. The molecule has 0 saturated heterocycles. The number of hydrogen-bond donors (Lipinski definition) is 2. The number of aliphatic carboxylic acids is 1. The summed E-state index contributed by atoms with van der Waals surface area (Å²) in [5.41, 5.74) is 0.845. The Kier molecular flexibility index (Phi) is 5.06. The molecule has 0 radical (unpaired) electrons. The lowest BCUT2D eigenvalue weighted by molar-refractivity contribution is -0.137. The van der Waals surface area contributed by atoms with Gasteiger partial charge in [0.1, 0.15) is 0 Å². The van der Waals surface area contributed by atoms with E-state index in [0.717, 1.165) is 5.56 Å². The number of primary sulfonamides is 1. The molecule has 3 N–H and O–H groups in total. The number of carbonyl (C=O) groups is 1. The van der Waals surface area contributed by atoms with Crippen molar-refractivity contribution in [1.29, 1.82) is 0 Å². The van der Waals surface area contributed by atoms with E-state index in [4.69, 9.17) is 10.2 Å². The van der Waals surface area contributed by atoms with Crippen LogP contribution in [0, 0.1) is 0 Å². The minimum absolute atomic E-state index is 0.0746. The normalized spacial score (nSPS) is 11.8. The Labute approximate surface area is 106 Å². The van der Waals surface area contributed by atoms with Gasteiger partial charge in [-0.1, -0.05) is 24.3 Å². The molecular formula is C12H15NO4S. The summed E-state index contributed by atoms with van der Waals surface area (Å²) in [6.07, 6.45) is 5.07. The molecule has 1 aromatic rings. The van der Waals surface area contributed by atoms with Gasteiger partial charge in [-0.3, -0.25) is 4.79 Å². The molecule has 0 aliphatic carbocycles. The van der Waals surface area contributed by atoms with Crippen LogP contribution in [0.25, 0.3) is 6.08 Å². The molecule has 6 heteroatoms. The van der Waals surface area contributed by atoms with E-state index < -0.39 is 16.0 Å². The maximum Gasteiger partial charge on any atom is 0.303 e. The SMILES string of the molecule is NS(=O)(=O)c1ccc(/C=C/CCCC(=O)O)cc1. The van der Waals surface area contributed by atoms with Crippen LogP contribution in [0.1, 0.15) is 24.8 Å². The summed E-state index contributed by atoms with van der Waals surface area (Å²) in [6.45, 7) is 0. The minimum atomic E-state index is -3.65. The molecule has 5 nitrogen and oxygen atoms in total. The third-order valence-corrected chi connectivity index (χ3v) is 3.21. The van der Waals surface area contributed by atoms with Crippen molar-refractivity contribution in [3.05, 3.63) is 35.9 Å². The molecule has 1 rings (SSSR count). The molecule has 0 aliphatic heterocycles. The van der Waals surface area contributed by atoms with Crippen LogP contribution in [0.15, 0.2) is 35.2 Å². The Hall–Kier alpha value is -1.66.